The van der Waals surface area contributed by atoms with Gasteiger partial charge in [-0.3, -0.25) is 0 Å². The van der Waals surface area contributed by atoms with Crippen LogP contribution in [0.2, 0.25) is 0 Å². The third-order valence-corrected chi connectivity index (χ3v) is 3.82. The van der Waals surface area contributed by atoms with E-state index in [0.29, 0.717) is 6.04 Å². The van der Waals surface area contributed by atoms with Crippen molar-refractivity contribution in [2.75, 3.05) is 31.7 Å². The number of rotatable bonds is 8. The topological polar surface area (TPSA) is 24.5 Å². The van der Waals surface area contributed by atoms with Crippen molar-refractivity contribution in [1.82, 2.24) is 5.32 Å². The van der Waals surface area contributed by atoms with Crippen molar-refractivity contribution in [3.8, 4) is 0 Å². The van der Waals surface area contributed by atoms with Crippen molar-refractivity contribution < 1.29 is 4.74 Å². The van der Waals surface area contributed by atoms with Crippen LogP contribution in [0.4, 0.5) is 5.69 Å². The smallest absolute Gasteiger partial charge is 0.0663 e. The number of benzene rings is 1. The molecule has 0 amide bonds. The number of nitrogens with zero attached hydrogens (tertiary/aromatic N) is 1. The van der Waals surface area contributed by atoms with Gasteiger partial charge in [0, 0.05) is 30.7 Å². The zero-order valence-corrected chi connectivity index (χ0v) is 14.0. The van der Waals surface area contributed by atoms with E-state index in [9.17, 15) is 0 Å². The Kier molecular flexibility index (Phi) is 7.42. The highest BCUT2D eigenvalue weighted by Crippen LogP contribution is 2.28. The lowest BCUT2D eigenvalue weighted by Gasteiger charge is -2.30. The van der Waals surface area contributed by atoms with E-state index in [1.165, 1.54) is 11.3 Å². The summed E-state index contributed by atoms with van der Waals surface area (Å²) < 4.78 is 6.40. The molecular formula is C15H25BrN2O. The van der Waals surface area contributed by atoms with Crippen LogP contribution in [0.5, 0.6) is 0 Å². The van der Waals surface area contributed by atoms with Gasteiger partial charge < -0.3 is 15.0 Å². The molecule has 0 aliphatic heterocycles. The van der Waals surface area contributed by atoms with Crippen LogP contribution in [0.25, 0.3) is 0 Å². The third-order valence-electron chi connectivity index (χ3n) is 3.18. The molecule has 1 unspecified atom stereocenters. The molecule has 0 aromatic heterocycles. The van der Waals surface area contributed by atoms with Gasteiger partial charge in [-0.15, -0.1) is 0 Å². The lowest BCUT2D eigenvalue weighted by molar-refractivity contribution is 0.182. The first-order valence-corrected chi connectivity index (χ1v) is 7.68. The van der Waals surface area contributed by atoms with Gasteiger partial charge in [0.25, 0.3) is 0 Å². The molecule has 108 valence electrons. The number of halogens is 1. The molecular weight excluding hydrogens is 304 g/mol. The maximum Gasteiger partial charge on any atom is 0.0663 e. The number of methoxy groups -OCH3 is 1. The van der Waals surface area contributed by atoms with Crippen molar-refractivity contribution in [3.05, 3.63) is 28.2 Å². The summed E-state index contributed by atoms with van der Waals surface area (Å²) in [6.45, 7) is 10.1. The van der Waals surface area contributed by atoms with Crippen molar-refractivity contribution in [2.24, 2.45) is 0 Å². The van der Waals surface area contributed by atoms with Crippen LogP contribution < -0.4 is 10.2 Å². The Bertz CT molecular complexity index is 384. The maximum absolute atomic E-state index is 5.26. The monoisotopic (exact) mass is 328 g/mol. The van der Waals surface area contributed by atoms with Gasteiger partial charge in [-0.1, -0.05) is 13.0 Å². The number of nitrogens with one attached hydrogen (secondary N) is 1. The summed E-state index contributed by atoms with van der Waals surface area (Å²) in [4.78, 5) is 2.35. The maximum atomic E-state index is 5.26. The molecule has 1 aromatic rings. The Labute approximate surface area is 125 Å². The lowest BCUT2D eigenvalue weighted by Crippen LogP contribution is -2.36. The average Bonchev–Trinajstić information content (AvgIpc) is 2.39. The minimum absolute atomic E-state index is 0.367. The van der Waals surface area contributed by atoms with E-state index in [4.69, 9.17) is 4.74 Å². The predicted molar refractivity (Wildman–Crippen MR) is 85.9 cm³/mol. The fourth-order valence-electron chi connectivity index (χ4n) is 2.21. The SMILES string of the molecule is CCNCc1ccc(N(CC)C(C)COC)c(Br)c1. The van der Waals surface area contributed by atoms with Crippen molar-refractivity contribution >= 4 is 21.6 Å². The Morgan fingerprint density at radius 2 is 2.11 bits per heavy atom. The fraction of sp³-hybridized carbons (Fsp3) is 0.600. The molecule has 1 aromatic carbocycles. The predicted octanol–water partition coefficient (Wildman–Crippen LogP) is 3.42. The van der Waals surface area contributed by atoms with Crippen LogP contribution in [0, 0.1) is 0 Å². The zero-order chi connectivity index (χ0) is 14.3. The van der Waals surface area contributed by atoms with E-state index in [1.807, 2.05) is 0 Å². The third kappa shape index (κ3) is 4.79. The molecule has 0 spiro atoms. The van der Waals surface area contributed by atoms with Crippen molar-refractivity contribution in [3.63, 3.8) is 0 Å². The first kappa shape index (κ1) is 16.5. The molecule has 0 saturated carbocycles. The Balaban J connectivity index is 2.86. The highest BCUT2D eigenvalue weighted by molar-refractivity contribution is 9.10. The second-order valence-electron chi connectivity index (χ2n) is 4.66. The van der Waals surface area contributed by atoms with E-state index < -0.39 is 0 Å². The van der Waals surface area contributed by atoms with Crippen LogP contribution in [0.3, 0.4) is 0 Å². The van der Waals surface area contributed by atoms with Gasteiger partial charge in [0.2, 0.25) is 0 Å². The van der Waals surface area contributed by atoms with E-state index in [1.54, 1.807) is 7.11 Å². The van der Waals surface area contributed by atoms with Gasteiger partial charge in [-0.2, -0.15) is 0 Å². The lowest BCUT2D eigenvalue weighted by atomic mass is 10.1. The summed E-state index contributed by atoms with van der Waals surface area (Å²) in [5, 5.41) is 3.34. The summed E-state index contributed by atoms with van der Waals surface area (Å²) in [6.07, 6.45) is 0. The van der Waals surface area contributed by atoms with Crippen LogP contribution in [0.15, 0.2) is 22.7 Å². The largest absolute Gasteiger partial charge is 0.383 e. The summed E-state index contributed by atoms with van der Waals surface area (Å²) in [7, 11) is 1.75. The Morgan fingerprint density at radius 3 is 2.63 bits per heavy atom. The minimum Gasteiger partial charge on any atom is -0.383 e. The second-order valence-corrected chi connectivity index (χ2v) is 5.51. The Hall–Kier alpha value is -0.580. The number of ether oxygens (including phenoxy) is 1. The van der Waals surface area contributed by atoms with Crippen LogP contribution in [0.1, 0.15) is 26.3 Å². The van der Waals surface area contributed by atoms with Crippen molar-refractivity contribution in [1.29, 1.82) is 0 Å². The summed E-state index contributed by atoms with van der Waals surface area (Å²) in [5.41, 5.74) is 2.53. The molecule has 0 bridgehead atoms. The fourth-order valence-corrected chi connectivity index (χ4v) is 2.87. The van der Waals surface area contributed by atoms with Gasteiger partial charge in [-0.25, -0.2) is 0 Å². The molecule has 0 heterocycles. The van der Waals surface area contributed by atoms with Gasteiger partial charge in [0.05, 0.1) is 12.3 Å². The normalized spacial score (nSPS) is 12.5. The molecule has 1 N–H and O–H groups in total. The molecule has 1 rings (SSSR count). The molecule has 1 atom stereocenters. The van der Waals surface area contributed by atoms with E-state index in [0.717, 1.165) is 30.7 Å². The standard InChI is InChI=1S/C15H25BrN2O/c1-5-17-10-13-7-8-15(14(16)9-13)18(6-2)12(3)11-19-4/h7-9,12,17H,5-6,10-11H2,1-4H3. The quantitative estimate of drug-likeness (QED) is 0.791. The van der Waals surface area contributed by atoms with Gasteiger partial charge in [0.1, 0.15) is 0 Å². The average molecular weight is 329 g/mol. The summed E-state index contributed by atoms with van der Waals surface area (Å²) >= 11 is 3.69. The number of hydrogen-bond donors (Lipinski definition) is 1. The molecule has 19 heavy (non-hydrogen) atoms. The number of anilines is 1. The van der Waals surface area contributed by atoms with Crippen molar-refractivity contribution in [2.45, 2.75) is 33.4 Å². The van der Waals surface area contributed by atoms with Crippen LogP contribution in [-0.4, -0.2) is 32.8 Å². The van der Waals surface area contributed by atoms with Gasteiger partial charge in [0.15, 0.2) is 0 Å². The molecule has 0 aliphatic rings. The number of likely N-dealkylation sites (N-methyl/N-ethyl adjacent to an activating group) is 1. The van der Waals surface area contributed by atoms with E-state index in [-0.39, 0.29) is 0 Å². The highest BCUT2D eigenvalue weighted by Gasteiger charge is 2.15. The summed E-state index contributed by atoms with van der Waals surface area (Å²) in [5.74, 6) is 0. The van der Waals surface area contributed by atoms with E-state index in [2.05, 4.69) is 65.1 Å². The summed E-state index contributed by atoms with van der Waals surface area (Å²) in [6, 6.07) is 6.93. The van der Waals surface area contributed by atoms with Gasteiger partial charge >= 0.3 is 0 Å². The first-order valence-electron chi connectivity index (χ1n) is 6.88. The van der Waals surface area contributed by atoms with Gasteiger partial charge in [-0.05, 0) is 54.0 Å². The first-order chi connectivity index (χ1) is 9.13. The van der Waals surface area contributed by atoms with E-state index >= 15 is 0 Å². The highest BCUT2D eigenvalue weighted by atomic mass is 79.9. The molecule has 0 radical (unpaired) electrons. The van der Waals surface area contributed by atoms with Crippen LogP contribution >= 0.6 is 15.9 Å². The minimum atomic E-state index is 0.367. The molecule has 4 heteroatoms. The molecule has 3 nitrogen and oxygen atoms in total. The molecule has 0 aliphatic carbocycles. The molecule has 0 fully saturated rings. The Morgan fingerprint density at radius 1 is 1.37 bits per heavy atom. The second kappa shape index (κ2) is 8.56. The zero-order valence-electron chi connectivity index (χ0n) is 12.4. The molecule has 0 saturated heterocycles. The number of hydrogen-bond acceptors (Lipinski definition) is 3. The van der Waals surface area contributed by atoms with Crippen LogP contribution in [-0.2, 0) is 11.3 Å².